The van der Waals surface area contributed by atoms with Crippen LogP contribution in [-0.4, -0.2) is 0 Å². The fourth-order valence-corrected chi connectivity index (χ4v) is 15.0. The third-order valence-corrected chi connectivity index (χ3v) is 17.3. The maximum absolute atomic E-state index is 2.52. The molecule has 0 fully saturated rings. The van der Waals surface area contributed by atoms with E-state index in [-0.39, 0.29) is 0 Å². The van der Waals surface area contributed by atoms with Crippen LogP contribution in [-0.2, 0) is 6.42 Å². The van der Waals surface area contributed by atoms with Gasteiger partial charge in [-0.15, -0.1) is 0 Å². The summed E-state index contributed by atoms with van der Waals surface area (Å²) in [4.78, 5) is 0. The molecule has 2 aromatic heterocycles. The number of aryl methyl sites for hydroxylation is 1. The maximum atomic E-state index is 2.52. The lowest BCUT2D eigenvalue weighted by Gasteiger charge is -2.16. The van der Waals surface area contributed by atoms with Gasteiger partial charge in [0.25, 0.3) is 0 Å². The van der Waals surface area contributed by atoms with Crippen molar-refractivity contribution in [2.75, 3.05) is 0 Å². The molecule has 56 heavy (non-hydrogen) atoms. The van der Waals surface area contributed by atoms with Crippen molar-refractivity contribution < 1.29 is 0 Å². The quantitative estimate of drug-likeness (QED) is 0.157. The van der Waals surface area contributed by atoms with E-state index in [2.05, 4.69) is 194 Å². The van der Waals surface area contributed by atoms with Crippen LogP contribution in [0.3, 0.4) is 0 Å². The highest BCUT2D eigenvalue weighted by Gasteiger charge is 2.22. The summed E-state index contributed by atoms with van der Waals surface area (Å²) in [7, 11) is -1.14. The van der Waals surface area contributed by atoms with Crippen molar-refractivity contribution in [3.05, 3.63) is 199 Å². The van der Waals surface area contributed by atoms with Crippen molar-refractivity contribution in [2.45, 2.75) is 12.8 Å². The molecule has 1 aliphatic rings. The van der Waals surface area contributed by atoms with Crippen molar-refractivity contribution >= 4 is 85.0 Å². The van der Waals surface area contributed by atoms with Gasteiger partial charge < -0.3 is 0 Å². The number of benzene rings is 9. The van der Waals surface area contributed by atoms with Crippen LogP contribution in [0.5, 0.6) is 0 Å². The largest absolute Gasteiger partial charge is 0.0833 e. The summed E-state index contributed by atoms with van der Waals surface area (Å²) in [5.74, 6) is 0. The number of fused-ring (bicyclic) bond motifs is 11. The summed E-state index contributed by atoms with van der Waals surface area (Å²) in [6.45, 7) is 0. The normalized spacial score (nSPS) is 13.4. The van der Waals surface area contributed by atoms with Gasteiger partial charge in [-0.2, -0.15) is 0 Å². The van der Waals surface area contributed by atoms with Gasteiger partial charge in [0, 0.05) is 20.6 Å². The first kappa shape index (κ1) is 32.1. The molecule has 2 unspecified atom stereocenters. The molecule has 0 aliphatic heterocycles. The van der Waals surface area contributed by atoms with Gasteiger partial charge in [-0.1, -0.05) is 173 Å². The van der Waals surface area contributed by atoms with Crippen LogP contribution in [0.2, 0.25) is 0 Å². The Bertz CT molecular complexity index is 3400. The molecule has 2 atom stereocenters. The molecule has 0 nitrogen and oxygen atoms in total. The molecule has 0 bridgehead atoms. The van der Waals surface area contributed by atoms with Crippen molar-refractivity contribution in [2.24, 2.45) is 0 Å². The highest BCUT2D eigenvalue weighted by atomic mass is 31.1. The van der Waals surface area contributed by atoms with Crippen molar-refractivity contribution in [1.29, 1.82) is 0 Å². The highest BCUT2D eigenvalue weighted by molar-refractivity contribution is 7.68. The van der Waals surface area contributed by atoms with E-state index in [1.165, 1.54) is 102 Å². The Kier molecular flexibility index (Phi) is 7.28. The Hall–Kier alpha value is -6.16. The molecular formula is C54H36P2. The third kappa shape index (κ3) is 4.80. The molecule has 262 valence electrons. The second-order valence-electron chi connectivity index (χ2n) is 15.2. The number of hydrogen-bond acceptors (Lipinski definition) is 0. The van der Waals surface area contributed by atoms with E-state index >= 15 is 0 Å². The second kappa shape index (κ2) is 12.7. The van der Waals surface area contributed by atoms with Crippen LogP contribution < -0.4 is 0 Å². The fraction of sp³-hybridized carbons (Fsp3) is 0.0370. The first-order chi connectivity index (χ1) is 27.8. The predicted octanol–water partition coefficient (Wildman–Crippen LogP) is 16.9. The second-order valence-corrected chi connectivity index (χ2v) is 19.5. The van der Waals surface area contributed by atoms with Crippen LogP contribution in [0, 0.1) is 0 Å². The first-order valence-corrected chi connectivity index (χ1v) is 22.3. The van der Waals surface area contributed by atoms with Crippen LogP contribution in [0.25, 0.3) is 103 Å². The molecule has 12 rings (SSSR count). The average Bonchev–Trinajstić information content (AvgIpc) is 3.78. The van der Waals surface area contributed by atoms with E-state index in [4.69, 9.17) is 0 Å². The van der Waals surface area contributed by atoms with Gasteiger partial charge in [-0.3, -0.25) is 0 Å². The fourth-order valence-electron chi connectivity index (χ4n) is 9.71. The molecule has 2 heteroatoms. The molecule has 11 aromatic rings. The van der Waals surface area contributed by atoms with E-state index in [9.17, 15) is 0 Å². The summed E-state index contributed by atoms with van der Waals surface area (Å²) in [5, 5.41) is 20.8. The minimum Gasteiger partial charge on any atom is -0.0833 e. The zero-order chi connectivity index (χ0) is 36.7. The Morgan fingerprint density at radius 3 is 1.52 bits per heavy atom. The molecule has 0 amide bonds. The van der Waals surface area contributed by atoms with Gasteiger partial charge in [0.15, 0.2) is 0 Å². The molecule has 0 spiro atoms. The van der Waals surface area contributed by atoms with Crippen molar-refractivity contribution in [3.8, 4) is 32.9 Å². The number of hydrogen-bond donors (Lipinski definition) is 0. The van der Waals surface area contributed by atoms with Crippen LogP contribution >= 0.6 is 15.1 Å². The molecule has 0 saturated carbocycles. The lowest BCUT2D eigenvalue weighted by atomic mass is 9.87. The Labute approximate surface area is 328 Å². The van der Waals surface area contributed by atoms with Crippen LogP contribution in [0.1, 0.15) is 17.3 Å². The first-order valence-electron chi connectivity index (χ1n) is 19.7. The van der Waals surface area contributed by atoms with Crippen LogP contribution in [0.15, 0.2) is 188 Å². The minimum absolute atomic E-state index is 0.548. The molecule has 0 N–H and O–H groups in total. The standard InChI is InChI=1S/C54H36P2/c1-3-15-38(16-4-1)55-50-25-13-11-21-42(50)48-31-35(27-29-52(48)55)46-33-37-34-47(41-20-8-10-24-45(41)54(37)44-23-9-7-19-40(44)46)36-28-30-53-49(32-36)43-22-12-14-26-51(43)56(53)39-17-5-2-6-18-39/h1-11,13-21,23-34H,12,22H2. The van der Waals surface area contributed by atoms with Gasteiger partial charge >= 0.3 is 0 Å². The van der Waals surface area contributed by atoms with Gasteiger partial charge in [0.1, 0.15) is 0 Å². The molecule has 0 saturated heterocycles. The molecule has 2 heterocycles. The van der Waals surface area contributed by atoms with E-state index < -0.39 is 15.1 Å². The summed E-state index contributed by atoms with van der Waals surface area (Å²) in [6.07, 6.45) is 7.03. The molecule has 1 aliphatic carbocycles. The number of allylic oxidation sites excluding steroid dienone is 1. The minimum atomic E-state index is -0.595. The monoisotopic (exact) mass is 746 g/mol. The van der Waals surface area contributed by atoms with Crippen molar-refractivity contribution in [3.63, 3.8) is 0 Å². The smallest absolute Gasteiger partial charge is 0.00687 e. The molecular weight excluding hydrogens is 711 g/mol. The summed E-state index contributed by atoms with van der Waals surface area (Å²) in [6, 6.07) is 69.1. The zero-order valence-corrected chi connectivity index (χ0v) is 32.6. The SMILES string of the molecule is C1=Cc2c(c3cc(-c4cc5cc(-c6ccc7c(c6)c6ccccc6p7-c6ccccc6)c6ccccc6c5c5ccccc45)ccc3p2-c2ccccc2)CC1. The van der Waals surface area contributed by atoms with E-state index in [0.29, 0.717) is 0 Å². The van der Waals surface area contributed by atoms with Gasteiger partial charge in [-0.05, 0) is 136 Å². The Morgan fingerprint density at radius 1 is 0.375 bits per heavy atom. The summed E-state index contributed by atoms with van der Waals surface area (Å²) < 4.78 is 0. The average molecular weight is 747 g/mol. The van der Waals surface area contributed by atoms with E-state index in [1.807, 2.05) is 0 Å². The van der Waals surface area contributed by atoms with Gasteiger partial charge in [0.2, 0.25) is 0 Å². The predicted molar refractivity (Wildman–Crippen MR) is 248 cm³/mol. The zero-order valence-electron chi connectivity index (χ0n) is 30.8. The highest BCUT2D eigenvalue weighted by Crippen LogP contribution is 2.57. The van der Waals surface area contributed by atoms with E-state index in [1.54, 1.807) is 5.56 Å². The summed E-state index contributed by atoms with van der Waals surface area (Å²) in [5.41, 5.74) is 6.71. The van der Waals surface area contributed by atoms with Crippen molar-refractivity contribution in [1.82, 2.24) is 0 Å². The van der Waals surface area contributed by atoms with Crippen LogP contribution in [0.4, 0.5) is 0 Å². The maximum Gasteiger partial charge on any atom is 0.00687 e. The molecule has 0 radical (unpaired) electrons. The molecule has 9 aromatic carbocycles. The lowest BCUT2D eigenvalue weighted by Crippen LogP contribution is -1.90. The Morgan fingerprint density at radius 2 is 0.875 bits per heavy atom. The lowest BCUT2D eigenvalue weighted by molar-refractivity contribution is 1.01. The van der Waals surface area contributed by atoms with E-state index in [0.717, 1.165) is 12.8 Å². The number of rotatable bonds is 4. The topological polar surface area (TPSA) is 0 Å². The third-order valence-electron chi connectivity index (χ3n) is 12.1. The van der Waals surface area contributed by atoms with Gasteiger partial charge in [-0.25, -0.2) is 0 Å². The summed E-state index contributed by atoms with van der Waals surface area (Å²) >= 11 is 0. The Balaban J connectivity index is 1.11. The van der Waals surface area contributed by atoms with Gasteiger partial charge in [0.05, 0.1) is 0 Å².